The fraction of sp³-hybridized carbons (Fsp3) is 0.400. The maximum Gasteiger partial charge on any atom is 0.319 e. The van der Waals surface area contributed by atoms with Gasteiger partial charge in [-0.25, -0.2) is 19.2 Å². The molecule has 36 heavy (non-hydrogen) atoms. The summed E-state index contributed by atoms with van der Waals surface area (Å²) in [6.45, 7) is 2.43. The Bertz CT molecular complexity index is 1190. The van der Waals surface area contributed by atoms with Crippen molar-refractivity contribution in [3.05, 3.63) is 53.6 Å². The highest BCUT2D eigenvalue weighted by Gasteiger charge is 2.25. The van der Waals surface area contributed by atoms with Crippen LogP contribution < -0.4 is 10.1 Å². The molecule has 0 aliphatic carbocycles. The minimum Gasteiger partial charge on any atom is -0.468 e. The summed E-state index contributed by atoms with van der Waals surface area (Å²) in [5.41, 5.74) is 1.33. The maximum atomic E-state index is 13.5. The van der Waals surface area contributed by atoms with Gasteiger partial charge in [-0.3, -0.25) is 0 Å². The molecule has 0 atom stereocenters. The summed E-state index contributed by atoms with van der Waals surface area (Å²) in [6, 6.07) is 9.85. The number of carbonyl (C=O) groups excluding carboxylic acids is 1. The molecule has 2 heterocycles. The number of piperidine rings is 1. The molecule has 1 N–H and O–H groups in total. The summed E-state index contributed by atoms with van der Waals surface area (Å²) in [5, 5.41) is 3.91. The lowest BCUT2D eigenvalue weighted by Gasteiger charge is -2.34. The van der Waals surface area contributed by atoms with Crippen LogP contribution in [0.25, 0.3) is 10.9 Å². The number of nitrogens with zero attached hydrogens (tertiary/aromatic N) is 4. The molecule has 1 fully saturated rings. The molecule has 4 rings (SSSR count). The van der Waals surface area contributed by atoms with Crippen LogP contribution in [0.1, 0.15) is 12.8 Å². The average molecular weight is 518 g/mol. The zero-order valence-corrected chi connectivity index (χ0v) is 21.0. The number of likely N-dealkylation sites (N-methyl/N-ethyl adjacent to an activating group) is 1. The molecule has 0 spiro atoms. The number of anilines is 2. The molecule has 11 heteroatoms. The Kier molecular flexibility index (Phi) is 8.74. The van der Waals surface area contributed by atoms with E-state index in [2.05, 4.69) is 15.3 Å². The van der Waals surface area contributed by atoms with Crippen molar-refractivity contribution in [3.63, 3.8) is 0 Å². The summed E-state index contributed by atoms with van der Waals surface area (Å²) < 4.78 is 30.3. The van der Waals surface area contributed by atoms with Gasteiger partial charge in [-0.05, 0) is 49.2 Å². The zero-order chi connectivity index (χ0) is 25.5. The van der Waals surface area contributed by atoms with Crippen molar-refractivity contribution >= 4 is 40.0 Å². The second-order valence-electron chi connectivity index (χ2n) is 8.47. The van der Waals surface area contributed by atoms with Gasteiger partial charge in [0.2, 0.25) is 0 Å². The Morgan fingerprint density at radius 3 is 2.78 bits per heavy atom. The number of fused-ring (bicyclic) bond motifs is 1. The first-order valence-corrected chi connectivity index (χ1v) is 12.0. The third-order valence-electron chi connectivity index (χ3n) is 5.99. The average Bonchev–Trinajstić information content (AvgIpc) is 2.89. The first-order valence-electron chi connectivity index (χ1n) is 11.6. The minimum absolute atomic E-state index is 0.00690. The third-order valence-corrected chi connectivity index (χ3v) is 6.28. The van der Waals surface area contributed by atoms with Crippen LogP contribution in [0.15, 0.2) is 42.7 Å². The lowest BCUT2D eigenvalue weighted by Crippen LogP contribution is -2.47. The number of urea groups is 1. The van der Waals surface area contributed by atoms with Crippen LogP contribution in [0.3, 0.4) is 0 Å². The fourth-order valence-corrected chi connectivity index (χ4v) is 4.09. The normalized spacial score (nSPS) is 14.2. The Hall–Kier alpha value is -3.21. The van der Waals surface area contributed by atoms with E-state index in [9.17, 15) is 9.18 Å². The first kappa shape index (κ1) is 25.9. The molecule has 0 radical (unpaired) electrons. The molecule has 0 saturated carbocycles. The lowest BCUT2D eigenvalue weighted by atomic mass is 10.1. The van der Waals surface area contributed by atoms with E-state index in [1.54, 1.807) is 25.1 Å². The van der Waals surface area contributed by atoms with Crippen molar-refractivity contribution in [2.75, 3.05) is 52.5 Å². The lowest BCUT2D eigenvalue weighted by molar-refractivity contribution is -0.0562. The molecule has 0 bridgehead atoms. The van der Waals surface area contributed by atoms with Crippen molar-refractivity contribution < 1.29 is 23.4 Å². The van der Waals surface area contributed by atoms with E-state index >= 15 is 0 Å². The van der Waals surface area contributed by atoms with Crippen molar-refractivity contribution in [1.29, 1.82) is 0 Å². The van der Waals surface area contributed by atoms with Crippen LogP contribution in [0.2, 0.25) is 5.02 Å². The number of benzene rings is 2. The van der Waals surface area contributed by atoms with E-state index in [1.165, 1.54) is 18.5 Å². The Morgan fingerprint density at radius 1 is 1.22 bits per heavy atom. The number of nitrogens with one attached hydrogen (secondary N) is 1. The second kappa shape index (κ2) is 12.2. The van der Waals surface area contributed by atoms with E-state index < -0.39 is 5.82 Å². The zero-order valence-electron chi connectivity index (χ0n) is 20.2. The van der Waals surface area contributed by atoms with Gasteiger partial charge in [0.1, 0.15) is 23.7 Å². The molecule has 2 aromatic carbocycles. The van der Waals surface area contributed by atoms with Crippen LogP contribution >= 0.6 is 11.6 Å². The second-order valence-corrected chi connectivity index (χ2v) is 8.87. The first-order chi connectivity index (χ1) is 17.4. The van der Waals surface area contributed by atoms with Gasteiger partial charge in [-0.2, -0.15) is 0 Å². The molecule has 192 valence electrons. The van der Waals surface area contributed by atoms with Crippen molar-refractivity contribution in [1.82, 2.24) is 19.8 Å². The highest BCUT2D eigenvalue weighted by Crippen LogP contribution is 2.28. The molecule has 0 unspecified atom stereocenters. The van der Waals surface area contributed by atoms with Gasteiger partial charge in [-0.15, -0.1) is 0 Å². The van der Waals surface area contributed by atoms with Crippen molar-refractivity contribution in [3.8, 4) is 5.75 Å². The molecular formula is C25H29ClFN5O4. The Morgan fingerprint density at radius 2 is 2.03 bits per heavy atom. The van der Waals surface area contributed by atoms with E-state index in [0.717, 1.165) is 23.7 Å². The van der Waals surface area contributed by atoms with Gasteiger partial charge in [0.05, 0.1) is 23.3 Å². The van der Waals surface area contributed by atoms with Crippen LogP contribution in [-0.4, -0.2) is 79.1 Å². The number of amides is 2. The number of halogens is 2. The fourth-order valence-electron chi connectivity index (χ4n) is 3.91. The molecule has 1 aliphatic rings. The number of aromatic nitrogens is 2. The third kappa shape index (κ3) is 6.51. The molecule has 1 saturated heterocycles. The van der Waals surface area contributed by atoms with Gasteiger partial charge in [0.15, 0.2) is 6.79 Å². The number of methoxy groups -OCH3 is 1. The highest BCUT2D eigenvalue weighted by molar-refractivity contribution is 6.31. The Labute approximate surface area is 214 Å². The highest BCUT2D eigenvalue weighted by atomic mass is 35.5. The predicted molar refractivity (Wildman–Crippen MR) is 135 cm³/mol. The largest absolute Gasteiger partial charge is 0.468 e. The van der Waals surface area contributed by atoms with Crippen LogP contribution in [-0.2, 0) is 9.47 Å². The Balaban J connectivity index is 1.30. The quantitative estimate of drug-likeness (QED) is 0.412. The van der Waals surface area contributed by atoms with Gasteiger partial charge >= 0.3 is 6.03 Å². The minimum atomic E-state index is -0.489. The summed E-state index contributed by atoms with van der Waals surface area (Å²) in [5.74, 6) is 0.656. The molecular weight excluding hydrogens is 489 g/mol. The predicted octanol–water partition coefficient (Wildman–Crippen LogP) is 4.68. The number of carbonyl (C=O) groups is 1. The van der Waals surface area contributed by atoms with Gasteiger partial charge in [0, 0.05) is 44.9 Å². The molecule has 1 aromatic heterocycles. The van der Waals surface area contributed by atoms with Crippen LogP contribution in [0, 0.1) is 5.82 Å². The van der Waals surface area contributed by atoms with E-state index in [-0.39, 0.29) is 24.0 Å². The van der Waals surface area contributed by atoms with Gasteiger partial charge in [0.25, 0.3) is 0 Å². The SMILES string of the molecule is COCCN(C)C(=O)N1CCC(OCOc2ccc3ncnc(Nc4ccc(F)c(Cl)c4)c3c2)CC1. The number of ether oxygens (including phenoxy) is 3. The summed E-state index contributed by atoms with van der Waals surface area (Å²) in [7, 11) is 3.40. The molecule has 3 aromatic rings. The van der Waals surface area contributed by atoms with Crippen LogP contribution in [0.5, 0.6) is 5.75 Å². The van der Waals surface area contributed by atoms with E-state index in [4.69, 9.17) is 25.8 Å². The van der Waals surface area contributed by atoms with E-state index in [0.29, 0.717) is 43.5 Å². The summed E-state index contributed by atoms with van der Waals surface area (Å²) in [4.78, 5) is 24.6. The van der Waals surface area contributed by atoms with Gasteiger partial charge in [-0.1, -0.05) is 11.6 Å². The number of hydrogen-bond acceptors (Lipinski definition) is 7. The molecule has 2 amide bonds. The van der Waals surface area contributed by atoms with Gasteiger partial charge < -0.3 is 29.3 Å². The topological polar surface area (TPSA) is 89.1 Å². The van der Waals surface area contributed by atoms with Crippen molar-refractivity contribution in [2.45, 2.75) is 18.9 Å². The van der Waals surface area contributed by atoms with Crippen LogP contribution in [0.4, 0.5) is 20.7 Å². The molecule has 9 nitrogen and oxygen atoms in total. The summed E-state index contributed by atoms with van der Waals surface area (Å²) in [6.07, 6.45) is 2.95. The number of rotatable bonds is 9. The molecule has 1 aliphatic heterocycles. The smallest absolute Gasteiger partial charge is 0.319 e. The van der Waals surface area contributed by atoms with E-state index in [1.807, 2.05) is 23.1 Å². The number of likely N-dealkylation sites (tertiary alicyclic amines) is 1. The monoisotopic (exact) mass is 517 g/mol. The standard InChI is InChI=1S/C25H29ClFN5O4/c1-31(11-12-34-2)25(33)32-9-7-18(8-10-32)35-16-36-19-4-6-23-20(14-19)24(29-15-28-23)30-17-3-5-22(27)21(26)13-17/h3-6,13-15,18H,7-12,16H2,1-2H3,(H,28,29,30). The summed E-state index contributed by atoms with van der Waals surface area (Å²) >= 11 is 5.89. The maximum absolute atomic E-state index is 13.5. The number of hydrogen-bond donors (Lipinski definition) is 1. The van der Waals surface area contributed by atoms with Crippen molar-refractivity contribution in [2.24, 2.45) is 0 Å².